The molecule has 20 heavy (non-hydrogen) atoms. The van der Waals surface area contributed by atoms with Crippen molar-refractivity contribution in [1.29, 1.82) is 0 Å². The highest BCUT2D eigenvalue weighted by atomic mass is 32.2. The SMILES string of the molecule is CCOCCS(=O)(=O)Nc1ccc(F)cc1C#CCO. The van der Waals surface area contributed by atoms with Crippen molar-refractivity contribution in [3.63, 3.8) is 0 Å². The number of benzene rings is 1. The van der Waals surface area contributed by atoms with Crippen molar-refractivity contribution < 1.29 is 22.7 Å². The third-order valence-corrected chi connectivity index (χ3v) is 3.48. The van der Waals surface area contributed by atoms with Crippen molar-refractivity contribution in [1.82, 2.24) is 0 Å². The molecule has 0 heterocycles. The van der Waals surface area contributed by atoms with Crippen molar-refractivity contribution in [3.05, 3.63) is 29.6 Å². The van der Waals surface area contributed by atoms with Crippen LogP contribution < -0.4 is 4.72 Å². The predicted molar refractivity (Wildman–Crippen MR) is 74.3 cm³/mol. The lowest BCUT2D eigenvalue weighted by Gasteiger charge is -2.10. The number of nitrogens with one attached hydrogen (secondary N) is 1. The fourth-order valence-corrected chi connectivity index (χ4v) is 2.33. The van der Waals surface area contributed by atoms with E-state index in [4.69, 9.17) is 9.84 Å². The Morgan fingerprint density at radius 1 is 1.45 bits per heavy atom. The molecule has 0 amide bonds. The summed E-state index contributed by atoms with van der Waals surface area (Å²) in [5, 5.41) is 8.64. The average molecular weight is 301 g/mol. The molecule has 0 aliphatic rings. The van der Waals surface area contributed by atoms with E-state index in [0.717, 1.165) is 12.1 Å². The van der Waals surface area contributed by atoms with Gasteiger partial charge < -0.3 is 9.84 Å². The third-order valence-electron chi connectivity index (χ3n) is 2.25. The minimum absolute atomic E-state index is 0.0741. The number of halogens is 1. The largest absolute Gasteiger partial charge is 0.384 e. The molecule has 0 fully saturated rings. The van der Waals surface area contributed by atoms with Gasteiger partial charge in [0, 0.05) is 6.61 Å². The lowest BCUT2D eigenvalue weighted by molar-refractivity contribution is 0.163. The topological polar surface area (TPSA) is 75.6 Å². The molecule has 2 N–H and O–H groups in total. The Morgan fingerprint density at radius 3 is 2.85 bits per heavy atom. The van der Waals surface area contributed by atoms with Crippen molar-refractivity contribution in [2.45, 2.75) is 6.92 Å². The zero-order chi connectivity index (χ0) is 15.0. The van der Waals surface area contributed by atoms with Crippen LogP contribution in [0.3, 0.4) is 0 Å². The number of aliphatic hydroxyl groups is 1. The first-order valence-corrected chi connectivity index (χ1v) is 7.61. The zero-order valence-corrected chi connectivity index (χ0v) is 11.8. The lowest BCUT2D eigenvalue weighted by Crippen LogP contribution is -2.20. The minimum Gasteiger partial charge on any atom is -0.384 e. The molecule has 0 bridgehead atoms. The molecular formula is C13H16FNO4S. The van der Waals surface area contributed by atoms with E-state index in [1.807, 2.05) is 0 Å². The molecule has 0 saturated carbocycles. The summed E-state index contributed by atoms with van der Waals surface area (Å²) in [5.74, 6) is 4.10. The minimum atomic E-state index is -3.59. The van der Waals surface area contributed by atoms with Crippen LogP contribution in [0.15, 0.2) is 18.2 Å². The van der Waals surface area contributed by atoms with Gasteiger partial charge in [-0.25, -0.2) is 12.8 Å². The average Bonchev–Trinajstić information content (AvgIpc) is 2.39. The van der Waals surface area contributed by atoms with E-state index in [1.54, 1.807) is 6.92 Å². The summed E-state index contributed by atoms with van der Waals surface area (Å²) in [7, 11) is -3.59. The van der Waals surface area contributed by atoms with Gasteiger partial charge in [-0.1, -0.05) is 11.8 Å². The maximum absolute atomic E-state index is 13.1. The normalized spacial score (nSPS) is 10.8. The first-order chi connectivity index (χ1) is 9.48. The van der Waals surface area contributed by atoms with Crippen LogP contribution in [-0.4, -0.2) is 39.1 Å². The van der Waals surface area contributed by atoms with Crippen molar-refractivity contribution in [2.24, 2.45) is 0 Å². The number of ether oxygens (including phenoxy) is 1. The standard InChI is InChI=1S/C13H16FNO4S/c1-2-19-8-9-20(17,18)15-13-6-5-12(14)10-11(13)4-3-7-16/h5-6,10,15-16H,2,7-9H2,1H3. The number of anilines is 1. The fourth-order valence-electron chi connectivity index (χ4n) is 1.38. The molecule has 0 aromatic heterocycles. The lowest BCUT2D eigenvalue weighted by atomic mass is 10.2. The van der Waals surface area contributed by atoms with Gasteiger partial charge in [-0.2, -0.15) is 0 Å². The van der Waals surface area contributed by atoms with Gasteiger partial charge in [0.2, 0.25) is 10.0 Å². The maximum atomic E-state index is 13.1. The van der Waals surface area contributed by atoms with Gasteiger partial charge in [-0.15, -0.1) is 0 Å². The number of hydrogen-bond donors (Lipinski definition) is 2. The van der Waals surface area contributed by atoms with Crippen molar-refractivity contribution >= 4 is 15.7 Å². The van der Waals surface area contributed by atoms with Gasteiger partial charge in [0.1, 0.15) is 12.4 Å². The van der Waals surface area contributed by atoms with E-state index < -0.39 is 22.4 Å². The Morgan fingerprint density at radius 2 is 2.20 bits per heavy atom. The van der Waals surface area contributed by atoms with Crippen LogP contribution in [0, 0.1) is 17.7 Å². The molecule has 1 aromatic rings. The summed E-state index contributed by atoms with van der Waals surface area (Å²) >= 11 is 0. The first-order valence-electron chi connectivity index (χ1n) is 5.96. The molecular weight excluding hydrogens is 285 g/mol. The highest BCUT2D eigenvalue weighted by Crippen LogP contribution is 2.17. The van der Waals surface area contributed by atoms with Crippen LogP contribution in [0.4, 0.5) is 10.1 Å². The van der Waals surface area contributed by atoms with Gasteiger partial charge in [-0.05, 0) is 25.1 Å². The Hall–Kier alpha value is -1.62. The molecule has 0 aliphatic carbocycles. The van der Waals surface area contributed by atoms with Crippen LogP contribution >= 0.6 is 0 Å². The summed E-state index contributed by atoms with van der Waals surface area (Å²) in [4.78, 5) is 0. The van der Waals surface area contributed by atoms with Gasteiger partial charge in [-0.3, -0.25) is 4.72 Å². The van der Waals surface area contributed by atoms with Gasteiger partial charge in [0.05, 0.1) is 23.6 Å². The van der Waals surface area contributed by atoms with E-state index in [2.05, 4.69) is 16.6 Å². The summed E-state index contributed by atoms with van der Waals surface area (Å²) in [6, 6.07) is 3.52. The molecule has 0 radical (unpaired) electrons. The highest BCUT2D eigenvalue weighted by Gasteiger charge is 2.12. The van der Waals surface area contributed by atoms with E-state index in [9.17, 15) is 12.8 Å². The van der Waals surface area contributed by atoms with Gasteiger partial charge >= 0.3 is 0 Å². The van der Waals surface area contributed by atoms with Crippen LogP contribution in [-0.2, 0) is 14.8 Å². The second-order valence-electron chi connectivity index (χ2n) is 3.77. The van der Waals surface area contributed by atoms with Gasteiger partial charge in [0.25, 0.3) is 0 Å². The smallest absolute Gasteiger partial charge is 0.235 e. The highest BCUT2D eigenvalue weighted by molar-refractivity contribution is 7.92. The van der Waals surface area contributed by atoms with Crippen LogP contribution in [0.5, 0.6) is 0 Å². The molecule has 7 heteroatoms. The molecule has 110 valence electrons. The zero-order valence-electron chi connectivity index (χ0n) is 11.0. The first kappa shape index (κ1) is 16.4. The van der Waals surface area contributed by atoms with E-state index in [1.165, 1.54) is 6.07 Å². The van der Waals surface area contributed by atoms with Crippen molar-refractivity contribution in [2.75, 3.05) is 30.3 Å². The third kappa shape index (κ3) is 5.57. The monoisotopic (exact) mass is 301 g/mol. The van der Waals surface area contributed by atoms with E-state index in [-0.39, 0.29) is 23.6 Å². The molecule has 0 unspecified atom stereocenters. The van der Waals surface area contributed by atoms with Gasteiger partial charge in [0.15, 0.2) is 0 Å². The Bertz CT molecular complexity index is 605. The second kappa shape index (κ2) is 7.85. The molecule has 1 rings (SSSR count). The number of hydrogen-bond acceptors (Lipinski definition) is 4. The maximum Gasteiger partial charge on any atom is 0.235 e. The van der Waals surface area contributed by atoms with Crippen LogP contribution in [0.1, 0.15) is 12.5 Å². The van der Waals surface area contributed by atoms with E-state index in [0.29, 0.717) is 6.61 Å². The fraction of sp³-hybridized carbons (Fsp3) is 0.385. The Labute approximate surface area is 117 Å². The number of sulfonamides is 1. The molecule has 1 aromatic carbocycles. The number of aliphatic hydroxyl groups excluding tert-OH is 1. The summed E-state index contributed by atoms with van der Waals surface area (Å²) in [5.41, 5.74) is 0.336. The molecule has 5 nitrogen and oxygen atoms in total. The second-order valence-corrected chi connectivity index (χ2v) is 5.61. The molecule has 0 saturated heterocycles. The van der Waals surface area contributed by atoms with Crippen molar-refractivity contribution in [3.8, 4) is 11.8 Å². The predicted octanol–water partition coefficient (Wildman–Crippen LogP) is 0.948. The Kier molecular flexibility index (Phi) is 6.45. The Balaban J connectivity index is 2.91. The molecule has 0 aliphatic heterocycles. The van der Waals surface area contributed by atoms with E-state index >= 15 is 0 Å². The quantitative estimate of drug-likeness (QED) is 0.606. The van der Waals surface area contributed by atoms with Crippen LogP contribution in [0.25, 0.3) is 0 Å². The van der Waals surface area contributed by atoms with Crippen LogP contribution in [0.2, 0.25) is 0 Å². The molecule has 0 atom stereocenters. The number of rotatable bonds is 6. The summed E-state index contributed by atoms with van der Waals surface area (Å²) in [6.45, 7) is 1.87. The summed E-state index contributed by atoms with van der Waals surface area (Å²) in [6.07, 6.45) is 0. The molecule has 0 spiro atoms. The summed E-state index contributed by atoms with van der Waals surface area (Å²) < 4.78 is 44.0.